The molecule has 4 heteroatoms. The van der Waals surface area contributed by atoms with Crippen LogP contribution in [0.3, 0.4) is 0 Å². The van der Waals surface area contributed by atoms with Crippen LogP contribution < -0.4 is 4.52 Å². The molecule has 0 aliphatic heterocycles. The molecule has 0 N–H and O–H groups in total. The molecule has 0 aliphatic carbocycles. The number of rotatable bonds is 1. The first-order chi connectivity index (χ1) is 4.75. The molecule has 0 saturated carbocycles. The van der Waals surface area contributed by atoms with Gasteiger partial charge in [0.2, 0.25) is 0 Å². The summed E-state index contributed by atoms with van der Waals surface area (Å²) >= 11 is 11.4. The first-order valence-electron chi connectivity index (χ1n) is 2.56. The Hall–Kier alpha value is 0.0300. The van der Waals surface area contributed by atoms with E-state index in [1.807, 2.05) is 0 Å². The van der Waals surface area contributed by atoms with Crippen LogP contribution in [0.2, 0.25) is 10.0 Å². The van der Waals surface area contributed by atoms with Crippen LogP contribution in [-0.4, -0.2) is 0 Å². The highest BCUT2D eigenvalue weighted by Gasteiger charge is 2.01. The first kappa shape index (κ1) is 8.13. The van der Waals surface area contributed by atoms with Crippen molar-refractivity contribution in [3.63, 3.8) is 0 Å². The van der Waals surface area contributed by atoms with Gasteiger partial charge in [0.15, 0.2) is 0 Å². The SMILES string of the molecule is POc1cccc(Cl)c1Cl. The first-order valence-corrected chi connectivity index (χ1v) is 3.79. The van der Waals surface area contributed by atoms with E-state index in [2.05, 4.69) is 9.47 Å². The molecule has 0 aliphatic rings. The maximum atomic E-state index is 5.72. The van der Waals surface area contributed by atoms with Crippen molar-refractivity contribution in [2.45, 2.75) is 0 Å². The van der Waals surface area contributed by atoms with E-state index in [-0.39, 0.29) is 0 Å². The van der Waals surface area contributed by atoms with Gasteiger partial charge in [-0.1, -0.05) is 29.3 Å². The lowest BCUT2D eigenvalue weighted by Crippen LogP contribution is -1.75. The Balaban J connectivity index is 3.14. The Bertz CT molecular complexity index is 239. The molecule has 0 amide bonds. The van der Waals surface area contributed by atoms with Crippen LogP contribution >= 0.6 is 32.7 Å². The highest BCUT2D eigenvalue weighted by atomic mass is 35.5. The van der Waals surface area contributed by atoms with E-state index in [4.69, 9.17) is 27.7 Å². The van der Waals surface area contributed by atoms with E-state index < -0.39 is 0 Å². The Morgan fingerprint density at radius 3 is 2.50 bits per heavy atom. The van der Waals surface area contributed by atoms with Gasteiger partial charge in [-0.3, -0.25) is 0 Å². The number of halogens is 2. The quantitative estimate of drug-likeness (QED) is 0.625. The van der Waals surface area contributed by atoms with Gasteiger partial charge in [-0.2, -0.15) is 0 Å². The molecule has 10 heavy (non-hydrogen) atoms. The van der Waals surface area contributed by atoms with Crippen molar-refractivity contribution in [2.24, 2.45) is 0 Å². The summed E-state index contributed by atoms with van der Waals surface area (Å²) in [5.74, 6) is 0.569. The molecule has 0 heterocycles. The molecular weight excluding hydrogens is 190 g/mol. The van der Waals surface area contributed by atoms with Crippen LogP contribution in [0.4, 0.5) is 0 Å². The average Bonchev–Trinajstić information content (AvgIpc) is 1.95. The zero-order chi connectivity index (χ0) is 7.56. The van der Waals surface area contributed by atoms with Gasteiger partial charge in [-0.15, -0.1) is 0 Å². The largest absolute Gasteiger partial charge is 0.479 e. The zero-order valence-corrected chi connectivity index (χ0v) is 7.64. The van der Waals surface area contributed by atoms with Crippen molar-refractivity contribution in [1.29, 1.82) is 0 Å². The Labute approximate surface area is 71.6 Å². The van der Waals surface area contributed by atoms with Crippen LogP contribution in [0.5, 0.6) is 5.75 Å². The minimum absolute atomic E-state index is 0.444. The molecular formula is C6H5Cl2OP. The number of hydrogen-bond donors (Lipinski definition) is 0. The lowest BCUT2D eigenvalue weighted by molar-refractivity contribution is 0.646. The highest BCUT2D eigenvalue weighted by Crippen LogP contribution is 2.32. The van der Waals surface area contributed by atoms with E-state index >= 15 is 0 Å². The van der Waals surface area contributed by atoms with Crippen LogP contribution in [0.1, 0.15) is 0 Å². The fraction of sp³-hybridized carbons (Fsp3) is 0. The van der Waals surface area contributed by atoms with E-state index in [0.717, 1.165) is 0 Å². The summed E-state index contributed by atoms with van der Waals surface area (Å²) in [6.07, 6.45) is 0. The average molecular weight is 195 g/mol. The summed E-state index contributed by atoms with van der Waals surface area (Å²) in [6, 6.07) is 5.21. The van der Waals surface area contributed by atoms with Crippen molar-refractivity contribution in [3.8, 4) is 5.75 Å². The van der Waals surface area contributed by atoms with E-state index in [0.29, 0.717) is 15.8 Å². The molecule has 0 bridgehead atoms. The molecule has 0 spiro atoms. The number of benzene rings is 1. The molecule has 54 valence electrons. The third-order valence-corrected chi connectivity index (χ3v) is 2.10. The molecule has 0 fully saturated rings. The van der Waals surface area contributed by atoms with Crippen LogP contribution in [-0.2, 0) is 0 Å². The standard InChI is InChI=1S/C6H5Cl2OP/c7-4-2-1-3-5(9-10)6(4)8/h1-3H,10H2. The van der Waals surface area contributed by atoms with Gasteiger partial charge in [0.1, 0.15) is 10.8 Å². The molecule has 1 aromatic carbocycles. The van der Waals surface area contributed by atoms with E-state index in [9.17, 15) is 0 Å². The molecule has 1 unspecified atom stereocenters. The van der Waals surface area contributed by atoms with E-state index in [1.54, 1.807) is 18.2 Å². The smallest absolute Gasteiger partial charge is 0.142 e. The van der Waals surface area contributed by atoms with Gasteiger partial charge >= 0.3 is 0 Å². The molecule has 0 aromatic heterocycles. The third-order valence-electron chi connectivity index (χ3n) is 1.04. The van der Waals surface area contributed by atoms with E-state index in [1.165, 1.54) is 0 Å². The summed E-state index contributed by atoms with van der Waals surface area (Å²) in [6.45, 7) is 0. The maximum Gasteiger partial charge on any atom is 0.142 e. The fourth-order valence-electron chi connectivity index (χ4n) is 0.575. The second kappa shape index (κ2) is 3.43. The predicted molar refractivity (Wildman–Crippen MR) is 46.8 cm³/mol. The lowest BCUT2D eigenvalue weighted by Gasteiger charge is -2.01. The normalized spacial score (nSPS) is 9.50. The number of hydrogen-bond acceptors (Lipinski definition) is 1. The van der Waals surface area contributed by atoms with Crippen molar-refractivity contribution < 1.29 is 4.52 Å². The second-order valence-electron chi connectivity index (χ2n) is 1.67. The summed E-state index contributed by atoms with van der Waals surface area (Å²) in [4.78, 5) is 0. The Morgan fingerprint density at radius 2 is 2.00 bits per heavy atom. The molecule has 0 radical (unpaired) electrons. The van der Waals surface area contributed by atoms with Crippen LogP contribution in [0.15, 0.2) is 18.2 Å². The van der Waals surface area contributed by atoms with Crippen molar-refractivity contribution >= 4 is 32.7 Å². The van der Waals surface area contributed by atoms with Gasteiger partial charge in [-0.05, 0) is 12.1 Å². The Morgan fingerprint density at radius 1 is 1.30 bits per heavy atom. The van der Waals surface area contributed by atoms with Gasteiger partial charge in [-0.25, -0.2) is 0 Å². The second-order valence-corrected chi connectivity index (χ2v) is 2.69. The minimum Gasteiger partial charge on any atom is -0.479 e. The van der Waals surface area contributed by atoms with Gasteiger partial charge < -0.3 is 4.52 Å². The lowest BCUT2D eigenvalue weighted by atomic mass is 10.3. The minimum atomic E-state index is 0.444. The van der Waals surface area contributed by atoms with Crippen molar-refractivity contribution in [3.05, 3.63) is 28.2 Å². The molecule has 0 saturated heterocycles. The van der Waals surface area contributed by atoms with Crippen LogP contribution in [0, 0.1) is 0 Å². The summed E-state index contributed by atoms with van der Waals surface area (Å²) in [7, 11) is 2.11. The van der Waals surface area contributed by atoms with Crippen LogP contribution in [0.25, 0.3) is 0 Å². The third kappa shape index (κ3) is 1.54. The molecule has 1 atom stereocenters. The monoisotopic (exact) mass is 194 g/mol. The summed E-state index contributed by atoms with van der Waals surface area (Å²) in [5.41, 5.74) is 0. The highest BCUT2D eigenvalue weighted by molar-refractivity contribution is 7.10. The summed E-state index contributed by atoms with van der Waals surface area (Å²) < 4.78 is 4.83. The molecule has 1 aromatic rings. The van der Waals surface area contributed by atoms with Crippen molar-refractivity contribution in [1.82, 2.24) is 0 Å². The topological polar surface area (TPSA) is 9.23 Å². The molecule has 1 rings (SSSR count). The predicted octanol–water partition coefficient (Wildman–Crippen LogP) is 3.16. The molecule has 1 nitrogen and oxygen atoms in total. The summed E-state index contributed by atoms with van der Waals surface area (Å²) in [5, 5.41) is 0.945. The van der Waals surface area contributed by atoms with Gasteiger partial charge in [0.05, 0.1) is 14.5 Å². The van der Waals surface area contributed by atoms with Crippen molar-refractivity contribution in [2.75, 3.05) is 0 Å². The van der Waals surface area contributed by atoms with Gasteiger partial charge in [0, 0.05) is 0 Å². The fourth-order valence-corrected chi connectivity index (χ4v) is 1.18. The Kier molecular flexibility index (Phi) is 2.79. The maximum absolute atomic E-state index is 5.72. The van der Waals surface area contributed by atoms with Gasteiger partial charge in [0.25, 0.3) is 0 Å². The zero-order valence-electron chi connectivity index (χ0n) is 4.97.